The van der Waals surface area contributed by atoms with E-state index in [1.807, 2.05) is 6.07 Å². The molecular weight excluding hydrogens is 299 g/mol. The first kappa shape index (κ1) is 13.5. The van der Waals surface area contributed by atoms with Crippen molar-refractivity contribution in [3.8, 4) is 0 Å². The van der Waals surface area contributed by atoms with E-state index in [2.05, 4.69) is 21.2 Å². The molecule has 1 saturated carbocycles. The highest BCUT2D eigenvalue weighted by atomic mass is 79.9. The fraction of sp³-hybridized carbons (Fsp3) is 0.462. The molecule has 0 bridgehead atoms. The molecule has 0 radical (unpaired) electrons. The van der Waals surface area contributed by atoms with Gasteiger partial charge in [-0.05, 0) is 36.1 Å². The van der Waals surface area contributed by atoms with Crippen molar-refractivity contribution in [1.82, 2.24) is 5.32 Å². The van der Waals surface area contributed by atoms with Crippen molar-refractivity contribution in [3.63, 3.8) is 0 Å². The zero-order valence-electron chi connectivity index (χ0n) is 9.96. The molecule has 1 aliphatic rings. The molecular formula is C13H16BrFN2O. The summed E-state index contributed by atoms with van der Waals surface area (Å²) in [7, 11) is 0. The SMILES string of the molecule is NC(=O)CN[C@H](CC1CC1)c1cc(F)cc(Br)c1. The third-order valence-corrected chi connectivity index (χ3v) is 3.53. The first-order valence-electron chi connectivity index (χ1n) is 6.02. The largest absolute Gasteiger partial charge is 0.369 e. The number of hydrogen-bond acceptors (Lipinski definition) is 2. The lowest BCUT2D eigenvalue weighted by atomic mass is 10.0. The summed E-state index contributed by atoms with van der Waals surface area (Å²) in [4.78, 5) is 10.8. The molecule has 1 atom stereocenters. The Morgan fingerprint density at radius 2 is 2.22 bits per heavy atom. The molecule has 0 heterocycles. The average molecular weight is 315 g/mol. The predicted molar refractivity (Wildman–Crippen MR) is 71.4 cm³/mol. The number of hydrogen-bond donors (Lipinski definition) is 2. The average Bonchev–Trinajstić information content (AvgIpc) is 3.06. The number of carbonyl (C=O) groups excluding carboxylic acids is 1. The van der Waals surface area contributed by atoms with Crippen LogP contribution in [0.4, 0.5) is 4.39 Å². The first-order chi connectivity index (χ1) is 8.54. The molecule has 0 aliphatic heterocycles. The van der Waals surface area contributed by atoms with E-state index in [0.717, 1.165) is 12.0 Å². The van der Waals surface area contributed by atoms with Gasteiger partial charge in [-0.25, -0.2) is 4.39 Å². The summed E-state index contributed by atoms with van der Waals surface area (Å²) in [5.74, 6) is 0.00438. The van der Waals surface area contributed by atoms with Crippen LogP contribution in [0.15, 0.2) is 22.7 Å². The number of benzene rings is 1. The first-order valence-corrected chi connectivity index (χ1v) is 6.81. The van der Waals surface area contributed by atoms with E-state index in [9.17, 15) is 9.18 Å². The third kappa shape index (κ3) is 4.07. The van der Waals surface area contributed by atoms with Crippen molar-refractivity contribution in [3.05, 3.63) is 34.1 Å². The minimum atomic E-state index is -0.397. The van der Waals surface area contributed by atoms with E-state index in [4.69, 9.17) is 5.73 Å². The second-order valence-corrected chi connectivity index (χ2v) is 5.70. The lowest BCUT2D eigenvalue weighted by molar-refractivity contribution is -0.117. The Morgan fingerprint density at radius 3 is 2.78 bits per heavy atom. The highest BCUT2D eigenvalue weighted by Crippen LogP contribution is 2.38. The van der Waals surface area contributed by atoms with Gasteiger partial charge in [-0.3, -0.25) is 4.79 Å². The maximum Gasteiger partial charge on any atom is 0.231 e. The van der Waals surface area contributed by atoms with E-state index in [1.165, 1.54) is 25.0 Å². The molecule has 0 aromatic heterocycles. The van der Waals surface area contributed by atoms with Gasteiger partial charge in [0.1, 0.15) is 5.82 Å². The van der Waals surface area contributed by atoms with Crippen LogP contribution >= 0.6 is 15.9 Å². The number of nitrogens with two attached hydrogens (primary N) is 1. The van der Waals surface area contributed by atoms with Gasteiger partial charge in [0, 0.05) is 10.5 Å². The molecule has 5 heteroatoms. The lowest BCUT2D eigenvalue weighted by Crippen LogP contribution is -2.32. The monoisotopic (exact) mass is 314 g/mol. The molecule has 1 aromatic carbocycles. The number of halogens is 2. The summed E-state index contributed by atoms with van der Waals surface area (Å²) in [6.45, 7) is 0.117. The quantitative estimate of drug-likeness (QED) is 0.847. The minimum Gasteiger partial charge on any atom is -0.369 e. The van der Waals surface area contributed by atoms with Crippen LogP contribution in [0, 0.1) is 11.7 Å². The van der Waals surface area contributed by atoms with E-state index >= 15 is 0 Å². The Balaban J connectivity index is 2.12. The highest BCUT2D eigenvalue weighted by Gasteiger charge is 2.26. The van der Waals surface area contributed by atoms with Gasteiger partial charge in [-0.15, -0.1) is 0 Å². The van der Waals surface area contributed by atoms with Crippen LogP contribution in [-0.4, -0.2) is 12.5 Å². The fourth-order valence-corrected chi connectivity index (χ4v) is 2.51. The summed E-state index contributed by atoms with van der Waals surface area (Å²) in [5, 5.41) is 3.10. The summed E-state index contributed by atoms with van der Waals surface area (Å²) in [5.41, 5.74) is 6.00. The molecule has 1 amide bonds. The second kappa shape index (κ2) is 5.80. The van der Waals surface area contributed by atoms with Crippen LogP contribution in [0.25, 0.3) is 0 Å². The molecule has 98 valence electrons. The van der Waals surface area contributed by atoms with Crippen molar-refractivity contribution in [2.24, 2.45) is 11.7 Å². The zero-order valence-corrected chi connectivity index (χ0v) is 11.5. The van der Waals surface area contributed by atoms with E-state index in [-0.39, 0.29) is 18.4 Å². The van der Waals surface area contributed by atoms with Gasteiger partial charge in [-0.2, -0.15) is 0 Å². The molecule has 3 nitrogen and oxygen atoms in total. The van der Waals surface area contributed by atoms with Gasteiger partial charge in [0.2, 0.25) is 5.91 Å². The molecule has 1 fully saturated rings. The van der Waals surface area contributed by atoms with Crippen LogP contribution in [0.1, 0.15) is 30.9 Å². The van der Waals surface area contributed by atoms with Crippen LogP contribution in [0.2, 0.25) is 0 Å². The summed E-state index contributed by atoms with van der Waals surface area (Å²) >= 11 is 3.28. The maximum atomic E-state index is 13.4. The molecule has 1 aliphatic carbocycles. The van der Waals surface area contributed by atoms with Gasteiger partial charge in [0.05, 0.1) is 6.54 Å². The molecule has 2 rings (SSSR count). The molecule has 1 aromatic rings. The zero-order chi connectivity index (χ0) is 13.1. The predicted octanol–water partition coefficient (Wildman–Crippen LogP) is 2.50. The highest BCUT2D eigenvalue weighted by molar-refractivity contribution is 9.10. The Labute approximate surface area is 114 Å². The Morgan fingerprint density at radius 1 is 1.50 bits per heavy atom. The second-order valence-electron chi connectivity index (χ2n) is 4.78. The standard InChI is InChI=1S/C13H16BrFN2O/c14-10-4-9(5-11(15)6-10)12(3-8-1-2-8)17-7-13(16)18/h4-6,8,12,17H,1-3,7H2,(H2,16,18)/t12-/m1/s1. The summed E-state index contributed by atoms with van der Waals surface area (Å²) in [6, 6.07) is 4.79. The number of rotatable bonds is 6. The van der Waals surface area contributed by atoms with E-state index < -0.39 is 5.91 Å². The molecule has 0 unspecified atom stereocenters. The van der Waals surface area contributed by atoms with Gasteiger partial charge in [0.15, 0.2) is 0 Å². The number of amides is 1. The fourth-order valence-electron chi connectivity index (χ4n) is 2.02. The Hall–Kier alpha value is -0.940. The van der Waals surface area contributed by atoms with Crippen molar-refractivity contribution >= 4 is 21.8 Å². The van der Waals surface area contributed by atoms with Gasteiger partial charge in [-0.1, -0.05) is 28.8 Å². The summed E-state index contributed by atoms with van der Waals surface area (Å²) < 4.78 is 14.1. The van der Waals surface area contributed by atoms with Crippen LogP contribution in [0.3, 0.4) is 0 Å². The number of primary amides is 1. The van der Waals surface area contributed by atoms with Crippen molar-refractivity contribution in [2.75, 3.05) is 6.54 Å². The Kier molecular flexibility index (Phi) is 4.35. The third-order valence-electron chi connectivity index (χ3n) is 3.08. The number of carbonyl (C=O) groups is 1. The lowest BCUT2D eigenvalue weighted by Gasteiger charge is -2.18. The number of nitrogens with one attached hydrogen (secondary N) is 1. The van der Waals surface area contributed by atoms with Crippen LogP contribution in [-0.2, 0) is 4.79 Å². The van der Waals surface area contributed by atoms with Crippen LogP contribution < -0.4 is 11.1 Å². The smallest absolute Gasteiger partial charge is 0.231 e. The minimum absolute atomic E-state index is 0.0167. The topological polar surface area (TPSA) is 55.1 Å². The summed E-state index contributed by atoms with van der Waals surface area (Å²) in [6.07, 6.45) is 3.35. The van der Waals surface area contributed by atoms with Crippen molar-refractivity contribution < 1.29 is 9.18 Å². The molecule has 3 N–H and O–H groups in total. The molecule has 0 saturated heterocycles. The molecule has 0 spiro atoms. The van der Waals surface area contributed by atoms with Gasteiger partial charge >= 0.3 is 0 Å². The Bertz CT molecular complexity index is 428. The maximum absolute atomic E-state index is 13.4. The van der Waals surface area contributed by atoms with E-state index in [0.29, 0.717) is 10.4 Å². The van der Waals surface area contributed by atoms with Crippen molar-refractivity contribution in [2.45, 2.75) is 25.3 Å². The van der Waals surface area contributed by atoms with Crippen molar-refractivity contribution in [1.29, 1.82) is 0 Å². The van der Waals surface area contributed by atoms with Gasteiger partial charge in [0.25, 0.3) is 0 Å². The van der Waals surface area contributed by atoms with Crippen LogP contribution in [0.5, 0.6) is 0 Å². The molecule has 18 heavy (non-hydrogen) atoms. The van der Waals surface area contributed by atoms with Gasteiger partial charge < -0.3 is 11.1 Å². The normalized spacial score (nSPS) is 16.6. The van der Waals surface area contributed by atoms with E-state index in [1.54, 1.807) is 0 Å².